The molecule has 0 aliphatic heterocycles. The van der Waals surface area contributed by atoms with Crippen molar-refractivity contribution in [2.75, 3.05) is 39.6 Å². The number of carbonyl (C=O) groups excluding carboxylic acids is 4. The molecule has 0 saturated carbocycles. The predicted molar refractivity (Wildman–Crippen MR) is 363 cm³/mol. The average Bonchev–Trinajstić information content (AvgIpc) is 3.53. The average molecular weight is 1330 g/mol. The van der Waals surface area contributed by atoms with Crippen LogP contribution in [0.5, 0.6) is 0 Å². The van der Waals surface area contributed by atoms with E-state index < -0.39 is 97.5 Å². The highest BCUT2D eigenvalue weighted by atomic mass is 31.2. The molecule has 3 unspecified atom stereocenters. The molecule has 0 bridgehead atoms. The van der Waals surface area contributed by atoms with E-state index in [1.54, 1.807) is 0 Å². The highest BCUT2D eigenvalue weighted by Crippen LogP contribution is 2.45. The van der Waals surface area contributed by atoms with E-state index in [1.165, 1.54) is 148 Å². The first-order valence-electron chi connectivity index (χ1n) is 36.7. The maximum Gasteiger partial charge on any atom is 0.472 e. The molecule has 0 radical (unpaired) electrons. The zero-order chi connectivity index (χ0) is 66.8. The first kappa shape index (κ1) is 88.1. The van der Waals surface area contributed by atoms with Gasteiger partial charge in [-0.05, 0) is 49.4 Å². The molecule has 0 amide bonds. The van der Waals surface area contributed by atoms with Gasteiger partial charge in [0.1, 0.15) is 19.3 Å². The Bertz CT molecular complexity index is 1780. The summed E-state index contributed by atoms with van der Waals surface area (Å²) in [6.07, 6.45) is 43.1. The number of carbonyl (C=O) groups is 4. The summed E-state index contributed by atoms with van der Waals surface area (Å²) in [5.41, 5.74) is 0. The topological polar surface area (TPSA) is 237 Å². The molecule has 0 aromatic carbocycles. The summed E-state index contributed by atoms with van der Waals surface area (Å²) in [7, 11) is -9.90. The van der Waals surface area contributed by atoms with Crippen LogP contribution in [0.1, 0.15) is 351 Å². The van der Waals surface area contributed by atoms with Crippen LogP contribution in [0.3, 0.4) is 0 Å². The van der Waals surface area contributed by atoms with Crippen LogP contribution in [-0.4, -0.2) is 96.7 Å². The number of phosphoric ester groups is 2. The number of aliphatic hydroxyl groups is 1. The van der Waals surface area contributed by atoms with Crippen LogP contribution in [0.2, 0.25) is 0 Å². The maximum absolute atomic E-state index is 13.0. The molecular formula is C71H138O17P2. The summed E-state index contributed by atoms with van der Waals surface area (Å²) in [4.78, 5) is 72.6. The lowest BCUT2D eigenvalue weighted by Gasteiger charge is -2.21. The van der Waals surface area contributed by atoms with E-state index in [-0.39, 0.29) is 25.7 Å². The maximum atomic E-state index is 13.0. The summed E-state index contributed by atoms with van der Waals surface area (Å²) in [6, 6.07) is 0. The minimum Gasteiger partial charge on any atom is -0.462 e. The quantitative estimate of drug-likeness (QED) is 0.0222. The molecule has 6 atom stereocenters. The monoisotopic (exact) mass is 1320 g/mol. The molecule has 0 saturated heterocycles. The molecule has 0 aliphatic rings. The van der Waals surface area contributed by atoms with Gasteiger partial charge in [-0.2, -0.15) is 0 Å². The van der Waals surface area contributed by atoms with Crippen molar-refractivity contribution in [3.8, 4) is 0 Å². The molecule has 0 rings (SSSR count). The normalized spacial score (nSPS) is 14.6. The van der Waals surface area contributed by atoms with Gasteiger partial charge in [-0.15, -0.1) is 0 Å². The summed E-state index contributed by atoms with van der Waals surface area (Å²) in [5, 5.41) is 10.6. The Kier molecular flexibility index (Phi) is 59.4. The molecule has 0 aromatic heterocycles. The molecule has 0 heterocycles. The number of aliphatic hydroxyl groups excluding tert-OH is 1. The highest BCUT2D eigenvalue weighted by molar-refractivity contribution is 7.47. The number of rotatable bonds is 68. The third-order valence-electron chi connectivity index (χ3n) is 16.7. The molecule has 3 N–H and O–H groups in total. The van der Waals surface area contributed by atoms with E-state index >= 15 is 0 Å². The Morgan fingerprint density at radius 3 is 0.789 bits per heavy atom. The number of hydrogen-bond donors (Lipinski definition) is 3. The molecule has 0 spiro atoms. The van der Waals surface area contributed by atoms with Crippen molar-refractivity contribution in [2.24, 2.45) is 23.7 Å². The van der Waals surface area contributed by atoms with Gasteiger partial charge in [0.05, 0.1) is 26.4 Å². The Morgan fingerprint density at radius 1 is 0.311 bits per heavy atom. The molecular weight excluding hydrogens is 1190 g/mol. The fraction of sp³-hybridized carbons (Fsp3) is 0.944. The Balaban J connectivity index is 5.25. The van der Waals surface area contributed by atoms with Gasteiger partial charge < -0.3 is 33.8 Å². The predicted octanol–water partition coefficient (Wildman–Crippen LogP) is 20.1. The van der Waals surface area contributed by atoms with Crippen LogP contribution in [0.25, 0.3) is 0 Å². The minimum atomic E-state index is -4.95. The van der Waals surface area contributed by atoms with Gasteiger partial charge in [0.15, 0.2) is 12.2 Å². The lowest BCUT2D eigenvalue weighted by Crippen LogP contribution is -2.30. The van der Waals surface area contributed by atoms with Gasteiger partial charge in [0.2, 0.25) is 0 Å². The summed E-state index contributed by atoms with van der Waals surface area (Å²) in [5.74, 6) is 0.877. The van der Waals surface area contributed by atoms with E-state index in [2.05, 4.69) is 55.4 Å². The Labute approximate surface area is 549 Å². The first-order chi connectivity index (χ1) is 43.1. The van der Waals surface area contributed by atoms with Crippen LogP contribution in [-0.2, 0) is 65.4 Å². The Morgan fingerprint density at radius 2 is 0.533 bits per heavy atom. The number of phosphoric acid groups is 2. The lowest BCUT2D eigenvalue weighted by atomic mass is 9.99. The van der Waals surface area contributed by atoms with E-state index in [0.29, 0.717) is 31.6 Å². The van der Waals surface area contributed by atoms with Crippen molar-refractivity contribution in [2.45, 2.75) is 369 Å². The second-order valence-electron chi connectivity index (χ2n) is 27.3. The minimum absolute atomic E-state index is 0.105. The molecule has 19 heteroatoms. The van der Waals surface area contributed by atoms with Crippen molar-refractivity contribution in [3.05, 3.63) is 0 Å². The third kappa shape index (κ3) is 63.5. The second-order valence-corrected chi connectivity index (χ2v) is 30.2. The first-order valence-corrected chi connectivity index (χ1v) is 39.7. The van der Waals surface area contributed by atoms with E-state index in [0.717, 1.165) is 114 Å². The summed E-state index contributed by atoms with van der Waals surface area (Å²) < 4.78 is 68.3. The van der Waals surface area contributed by atoms with Gasteiger partial charge in [0.25, 0.3) is 0 Å². The third-order valence-corrected chi connectivity index (χ3v) is 18.6. The van der Waals surface area contributed by atoms with Crippen molar-refractivity contribution in [1.29, 1.82) is 0 Å². The zero-order valence-electron chi connectivity index (χ0n) is 58.8. The standard InChI is InChI=1S/C71H138O17P2/c1-9-64(8)50-42-34-25-19-14-16-20-26-35-43-51-68(73)81-57-66(87-71(76)54-46-38-28-22-15-13-18-24-32-40-48-62(4)5)59-85-89(77,78)83-55-65(72)56-84-90(79,80)86-60-67(58-82-69(74)52-44-36-30-29-33-41-49-63(6)7)88-70(75)53-45-37-27-21-12-10-11-17-23-31-39-47-61(2)3/h61-67,72H,9-60H2,1-8H3,(H,77,78)(H,79,80)/t64?,65-,66-,67-/m1/s1. The second kappa shape index (κ2) is 60.7. The Hall–Kier alpha value is -1.94. The smallest absolute Gasteiger partial charge is 0.462 e. The van der Waals surface area contributed by atoms with E-state index in [1.807, 2.05) is 0 Å². The summed E-state index contributed by atoms with van der Waals surface area (Å²) >= 11 is 0. The van der Waals surface area contributed by atoms with E-state index in [9.17, 15) is 43.2 Å². The van der Waals surface area contributed by atoms with Crippen molar-refractivity contribution in [3.63, 3.8) is 0 Å². The van der Waals surface area contributed by atoms with Gasteiger partial charge in [-0.1, -0.05) is 299 Å². The van der Waals surface area contributed by atoms with Crippen molar-refractivity contribution >= 4 is 39.5 Å². The zero-order valence-corrected chi connectivity index (χ0v) is 60.6. The van der Waals surface area contributed by atoms with Crippen LogP contribution >= 0.6 is 15.6 Å². The van der Waals surface area contributed by atoms with Crippen LogP contribution in [0.4, 0.5) is 0 Å². The number of unbranched alkanes of at least 4 members (excludes halogenated alkanes) is 33. The fourth-order valence-electron chi connectivity index (χ4n) is 10.6. The largest absolute Gasteiger partial charge is 0.472 e. The molecule has 17 nitrogen and oxygen atoms in total. The highest BCUT2D eigenvalue weighted by Gasteiger charge is 2.30. The number of esters is 4. The molecule has 0 fully saturated rings. The van der Waals surface area contributed by atoms with Crippen molar-refractivity contribution < 1.29 is 80.2 Å². The van der Waals surface area contributed by atoms with Gasteiger partial charge in [0, 0.05) is 25.7 Å². The molecule has 90 heavy (non-hydrogen) atoms. The SMILES string of the molecule is CCC(C)CCCCCCCCCCCCC(=O)OC[C@H](COP(=O)(O)OC[C@@H](O)COP(=O)(O)OC[C@@H](COC(=O)CCCCCCCCC(C)C)OC(=O)CCCCCCCCCCCCCC(C)C)OC(=O)CCCCCCCCCCCCC(C)C. The van der Waals surface area contributed by atoms with Crippen LogP contribution in [0, 0.1) is 23.7 Å². The number of ether oxygens (including phenoxy) is 4. The van der Waals surface area contributed by atoms with Gasteiger partial charge in [-0.25, -0.2) is 9.13 Å². The number of hydrogen-bond acceptors (Lipinski definition) is 15. The summed E-state index contributed by atoms with van der Waals surface area (Å²) in [6.45, 7) is 14.1. The molecule has 0 aliphatic carbocycles. The van der Waals surface area contributed by atoms with Gasteiger partial charge >= 0.3 is 39.5 Å². The van der Waals surface area contributed by atoms with Crippen LogP contribution in [0.15, 0.2) is 0 Å². The lowest BCUT2D eigenvalue weighted by molar-refractivity contribution is -0.161. The van der Waals surface area contributed by atoms with Crippen LogP contribution < -0.4 is 0 Å². The molecule has 534 valence electrons. The van der Waals surface area contributed by atoms with Gasteiger partial charge in [-0.3, -0.25) is 37.3 Å². The van der Waals surface area contributed by atoms with E-state index in [4.69, 9.17) is 37.0 Å². The fourth-order valence-corrected chi connectivity index (χ4v) is 12.2. The van der Waals surface area contributed by atoms with Crippen molar-refractivity contribution in [1.82, 2.24) is 0 Å². The molecule has 0 aromatic rings.